The zero-order valence-corrected chi connectivity index (χ0v) is 11.3. The maximum absolute atomic E-state index is 12.2. The molecule has 3 nitrogen and oxygen atoms in total. The van der Waals surface area contributed by atoms with Crippen LogP contribution in [0.25, 0.3) is 0 Å². The van der Waals surface area contributed by atoms with Crippen molar-refractivity contribution in [2.75, 3.05) is 6.26 Å². The van der Waals surface area contributed by atoms with Crippen LogP contribution in [0.4, 0.5) is 0 Å². The second kappa shape index (κ2) is 6.09. The summed E-state index contributed by atoms with van der Waals surface area (Å²) in [6, 6.07) is 0.288. The third kappa shape index (κ3) is 2.67. The van der Waals surface area contributed by atoms with E-state index in [9.17, 15) is 4.79 Å². The maximum Gasteiger partial charge on any atom is 0.267 e. The Morgan fingerprint density at radius 1 is 1.50 bits per heavy atom. The van der Waals surface area contributed by atoms with Crippen LogP contribution in [0.3, 0.4) is 0 Å². The molecule has 1 aromatic heterocycles. The molecule has 1 atom stereocenters. The van der Waals surface area contributed by atoms with Crippen molar-refractivity contribution in [2.45, 2.75) is 51.0 Å². The minimum absolute atomic E-state index is 0.111. The van der Waals surface area contributed by atoms with E-state index in [-0.39, 0.29) is 11.6 Å². The highest BCUT2D eigenvalue weighted by atomic mass is 32.2. The molecule has 0 radical (unpaired) electrons. The zero-order chi connectivity index (χ0) is 12.1. The van der Waals surface area contributed by atoms with E-state index in [1.54, 1.807) is 10.9 Å². The van der Waals surface area contributed by atoms with Gasteiger partial charge in [-0.3, -0.25) is 9.36 Å². The molecule has 0 saturated heterocycles. The van der Waals surface area contributed by atoms with Crippen LogP contribution in [0.1, 0.15) is 44.8 Å². The minimum atomic E-state index is 0.111. The fourth-order valence-electron chi connectivity index (χ4n) is 1.90. The van der Waals surface area contributed by atoms with Crippen molar-refractivity contribution in [2.24, 2.45) is 0 Å². The van der Waals surface area contributed by atoms with Crippen molar-refractivity contribution in [1.82, 2.24) is 9.55 Å². The Bertz CT molecular complexity index is 400. The number of hydrogen-bond donors (Lipinski definition) is 0. The van der Waals surface area contributed by atoms with E-state index in [2.05, 4.69) is 18.8 Å². The van der Waals surface area contributed by atoms with Gasteiger partial charge >= 0.3 is 0 Å². The number of nitrogens with zero attached hydrogens (tertiary/aromatic N) is 2. The molecule has 1 heterocycles. The molecule has 0 bridgehead atoms. The van der Waals surface area contributed by atoms with E-state index in [0.29, 0.717) is 0 Å². The second-order valence-electron chi connectivity index (χ2n) is 3.93. The molecular weight excluding hydrogens is 220 g/mol. The summed E-state index contributed by atoms with van der Waals surface area (Å²) in [6.07, 6.45) is 6.73. The molecular formula is C12H20N2OS. The van der Waals surface area contributed by atoms with E-state index < -0.39 is 0 Å². The van der Waals surface area contributed by atoms with Gasteiger partial charge in [0.1, 0.15) is 0 Å². The monoisotopic (exact) mass is 240 g/mol. The van der Waals surface area contributed by atoms with Crippen molar-refractivity contribution in [3.63, 3.8) is 0 Å². The highest BCUT2D eigenvalue weighted by Gasteiger charge is 2.13. The fraction of sp³-hybridized carbons (Fsp3) is 0.667. The molecule has 16 heavy (non-hydrogen) atoms. The lowest BCUT2D eigenvalue weighted by molar-refractivity contribution is 0.425. The Hall–Kier alpha value is -0.770. The molecule has 4 heteroatoms. The van der Waals surface area contributed by atoms with Crippen LogP contribution in [-0.4, -0.2) is 15.8 Å². The number of aromatic nitrogens is 2. The van der Waals surface area contributed by atoms with Gasteiger partial charge in [0.2, 0.25) is 0 Å². The first-order valence-electron chi connectivity index (χ1n) is 5.77. The predicted octanol–water partition coefficient (Wildman–Crippen LogP) is 3.02. The van der Waals surface area contributed by atoms with Crippen molar-refractivity contribution in [3.05, 3.63) is 22.4 Å². The van der Waals surface area contributed by atoms with Gasteiger partial charge in [-0.15, -0.1) is 11.8 Å². The summed E-state index contributed by atoms with van der Waals surface area (Å²) in [6.45, 7) is 6.15. The van der Waals surface area contributed by atoms with E-state index in [1.807, 2.05) is 13.2 Å². The molecule has 0 amide bonds. The Morgan fingerprint density at radius 2 is 2.19 bits per heavy atom. The molecule has 0 spiro atoms. The maximum atomic E-state index is 12.2. The largest absolute Gasteiger partial charge is 0.295 e. The topological polar surface area (TPSA) is 34.9 Å². The van der Waals surface area contributed by atoms with Crippen LogP contribution >= 0.6 is 11.8 Å². The first kappa shape index (κ1) is 13.3. The van der Waals surface area contributed by atoms with Crippen molar-refractivity contribution >= 4 is 11.8 Å². The molecule has 0 aromatic carbocycles. The first-order valence-corrected chi connectivity index (χ1v) is 6.99. The molecule has 1 rings (SSSR count). The summed E-state index contributed by atoms with van der Waals surface area (Å²) in [5, 5.41) is 0. The Morgan fingerprint density at radius 3 is 2.69 bits per heavy atom. The molecule has 1 aromatic rings. The van der Waals surface area contributed by atoms with Gasteiger partial charge in [0.25, 0.3) is 5.56 Å². The lowest BCUT2D eigenvalue weighted by atomic mass is 10.1. The van der Waals surface area contributed by atoms with Crippen LogP contribution < -0.4 is 5.56 Å². The molecule has 0 saturated carbocycles. The summed E-state index contributed by atoms with van der Waals surface area (Å²) in [5.74, 6) is 0. The fourth-order valence-corrected chi connectivity index (χ4v) is 2.53. The molecule has 0 aliphatic heterocycles. The average Bonchev–Trinajstić information content (AvgIpc) is 2.27. The van der Waals surface area contributed by atoms with E-state index in [0.717, 1.165) is 29.9 Å². The number of hydrogen-bond acceptors (Lipinski definition) is 3. The van der Waals surface area contributed by atoms with Gasteiger partial charge in [-0.05, 0) is 26.0 Å². The highest BCUT2D eigenvalue weighted by molar-refractivity contribution is 7.98. The van der Waals surface area contributed by atoms with Crippen LogP contribution in [0.15, 0.2) is 16.0 Å². The predicted molar refractivity (Wildman–Crippen MR) is 69.3 cm³/mol. The summed E-state index contributed by atoms with van der Waals surface area (Å²) >= 11 is 1.49. The van der Waals surface area contributed by atoms with E-state index in [4.69, 9.17) is 0 Å². The zero-order valence-electron chi connectivity index (χ0n) is 10.5. The smallest absolute Gasteiger partial charge is 0.267 e. The van der Waals surface area contributed by atoms with Gasteiger partial charge in [-0.2, -0.15) is 0 Å². The molecule has 0 aliphatic rings. The SMILES string of the molecule is CCCC(CC)n1cnc(C)c(SC)c1=O. The quantitative estimate of drug-likeness (QED) is 0.742. The van der Waals surface area contributed by atoms with Gasteiger partial charge in [0, 0.05) is 6.04 Å². The molecule has 0 N–H and O–H groups in total. The van der Waals surface area contributed by atoms with E-state index in [1.165, 1.54) is 11.8 Å². The molecule has 90 valence electrons. The summed E-state index contributed by atoms with van der Waals surface area (Å²) in [5.41, 5.74) is 0.945. The van der Waals surface area contributed by atoms with Crippen LogP contribution in [-0.2, 0) is 0 Å². The van der Waals surface area contributed by atoms with Crippen LogP contribution in [0.2, 0.25) is 0 Å². The standard InChI is InChI=1S/C12H20N2OS/c1-5-7-10(6-2)14-8-13-9(3)11(16-4)12(14)15/h8,10H,5-7H2,1-4H3. The number of aryl methyl sites for hydroxylation is 1. The number of rotatable bonds is 5. The highest BCUT2D eigenvalue weighted by Crippen LogP contribution is 2.18. The Balaban J connectivity index is 3.19. The van der Waals surface area contributed by atoms with Gasteiger partial charge in [0.15, 0.2) is 0 Å². The average molecular weight is 240 g/mol. The van der Waals surface area contributed by atoms with Gasteiger partial charge in [-0.25, -0.2) is 4.98 Å². The summed E-state index contributed by atoms with van der Waals surface area (Å²) < 4.78 is 1.79. The minimum Gasteiger partial charge on any atom is -0.295 e. The van der Waals surface area contributed by atoms with Gasteiger partial charge < -0.3 is 0 Å². The normalized spacial score (nSPS) is 12.8. The van der Waals surface area contributed by atoms with Crippen LogP contribution in [0, 0.1) is 6.92 Å². The van der Waals surface area contributed by atoms with Crippen molar-refractivity contribution in [3.8, 4) is 0 Å². The molecule has 0 fully saturated rings. The van der Waals surface area contributed by atoms with E-state index >= 15 is 0 Å². The third-order valence-electron chi connectivity index (χ3n) is 2.82. The third-order valence-corrected chi connectivity index (χ3v) is 3.70. The number of thioether (sulfide) groups is 1. The second-order valence-corrected chi connectivity index (χ2v) is 4.74. The van der Waals surface area contributed by atoms with Crippen molar-refractivity contribution in [1.29, 1.82) is 0 Å². The first-order chi connectivity index (χ1) is 7.65. The van der Waals surface area contributed by atoms with Gasteiger partial charge in [-0.1, -0.05) is 20.3 Å². The molecule has 1 unspecified atom stereocenters. The lowest BCUT2D eigenvalue weighted by Gasteiger charge is -2.18. The van der Waals surface area contributed by atoms with Crippen LogP contribution in [0.5, 0.6) is 0 Å². The summed E-state index contributed by atoms with van der Waals surface area (Å²) in [7, 11) is 0. The Kier molecular flexibility index (Phi) is 5.06. The van der Waals surface area contributed by atoms with Gasteiger partial charge in [0.05, 0.1) is 16.9 Å². The van der Waals surface area contributed by atoms with Crippen molar-refractivity contribution < 1.29 is 0 Å². The summed E-state index contributed by atoms with van der Waals surface area (Å²) in [4.78, 5) is 17.3. The lowest BCUT2D eigenvalue weighted by Crippen LogP contribution is -2.26. The Labute approximate surface area is 101 Å². The molecule has 0 aliphatic carbocycles.